The fourth-order valence-corrected chi connectivity index (χ4v) is 4.43. The molecule has 1 aliphatic carbocycles. The summed E-state index contributed by atoms with van der Waals surface area (Å²) < 4.78 is 0. The van der Waals surface area contributed by atoms with Crippen molar-refractivity contribution >= 4 is 44.7 Å². The Balaban J connectivity index is 1.58. The van der Waals surface area contributed by atoms with Gasteiger partial charge in [-0.1, -0.05) is 60.7 Å². The van der Waals surface area contributed by atoms with E-state index in [2.05, 4.69) is 78.9 Å². The lowest BCUT2D eigenvalue weighted by atomic mass is 9.98. The van der Waals surface area contributed by atoms with Gasteiger partial charge in [0.2, 0.25) is 0 Å². The van der Waals surface area contributed by atoms with Gasteiger partial charge in [0, 0.05) is 22.0 Å². The summed E-state index contributed by atoms with van der Waals surface area (Å²) in [5.41, 5.74) is 5.09. The normalized spacial score (nSPS) is 13.3. The van der Waals surface area contributed by atoms with Crippen LogP contribution in [-0.2, 0) is 0 Å². The van der Waals surface area contributed by atoms with Gasteiger partial charge in [-0.3, -0.25) is 4.98 Å². The Labute approximate surface area is 168 Å². The summed E-state index contributed by atoms with van der Waals surface area (Å²) in [6.45, 7) is 2.03. The highest BCUT2D eigenvalue weighted by atomic mass is 14.8. The molecular weight excluding hydrogens is 352 g/mol. The lowest BCUT2D eigenvalue weighted by Crippen LogP contribution is -2.26. The van der Waals surface area contributed by atoms with Crippen LogP contribution in [0.5, 0.6) is 0 Å². The highest BCUT2D eigenvalue weighted by molar-refractivity contribution is 6.03. The molecule has 2 heterocycles. The van der Waals surface area contributed by atoms with Crippen molar-refractivity contribution in [2.75, 3.05) is 0 Å². The van der Waals surface area contributed by atoms with E-state index in [4.69, 9.17) is 9.97 Å². The zero-order valence-electron chi connectivity index (χ0n) is 16.3. The topological polar surface area (TPSA) is 25.8 Å². The lowest BCUT2D eigenvalue weighted by Gasteiger charge is -2.09. The number of nitrogens with zero attached hydrogens (tertiary/aromatic N) is 2. The van der Waals surface area contributed by atoms with E-state index in [0.717, 1.165) is 51.6 Å². The van der Waals surface area contributed by atoms with E-state index in [1.54, 1.807) is 0 Å². The first-order valence-electron chi connectivity index (χ1n) is 10.2. The van der Waals surface area contributed by atoms with Gasteiger partial charge >= 0.3 is 0 Å². The average molecular weight is 372 g/mol. The molecule has 1 aliphatic rings. The summed E-state index contributed by atoms with van der Waals surface area (Å²) in [5.74, 6) is 0. The van der Waals surface area contributed by atoms with Crippen molar-refractivity contribution in [2.45, 2.75) is 19.8 Å². The van der Waals surface area contributed by atoms with Crippen molar-refractivity contribution in [1.29, 1.82) is 0 Å². The van der Waals surface area contributed by atoms with Crippen LogP contribution in [0.25, 0.3) is 56.0 Å². The summed E-state index contributed by atoms with van der Waals surface area (Å²) in [6, 6.07) is 23.9. The Morgan fingerprint density at radius 2 is 1.38 bits per heavy atom. The van der Waals surface area contributed by atoms with E-state index in [9.17, 15) is 0 Å². The Bertz CT molecular complexity index is 1560. The number of aryl methyl sites for hydroxylation is 1. The standard InChI is InChI=1S/C27H20N2/c1-17-6-7-19-9-10-20-13-15-25(29-27(20)26(19)28-17)22-12-14-24-21(16-22)11-8-18-4-2-3-5-23(18)24/h4-16H,2-3H2,1H3. The van der Waals surface area contributed by atoms with Crippen molar-refractivity contribution in [3.8, 4) is 11.3 Å². The quantitative estimate of drug-likeness (QED) is 0.375. The van der Waals surface area contributed by atoms with E-state index >= 15 is 0 Å². The molecule has 2 nitrogen and oxygen atoms in total. The average Bonchev–Trinajstić information content (AvgIpc) is 2.78. The Hall–Kier alpha value is -3.52. The number of pyridine rings is 2. The molecule has 29 heavy (non-hydrogen) atoms. The molecule has 0 fully saturated rings. The molecule has 0 aliphatic heterocycles. The molecule has 0 bridgehead atoms. The largest absolute Gasteiger partial charge is 0.251 e. The molecule has 0 N–H and O–H groups in total. The molecule has 0 atom stereocenters. The predicted molar refractivity (Wildman–Crippen MR) is 122 cm³/mol. The van der Waals surface area contributed by atoms with E-state index in [0.29, 0.717) is 0 Å². The fourth-order valence-electron chi connectivity index (χ4n) is 4.43. The van der Waals surface area contributed by atoms with Crippen molar-refractivity contribution < 1.29 is 0 Å². The Morgan fingerprint density at radius 3 is 2.28 bits per heavy atom. The minimum absolute atomic E-state index is 0.970. The number of hydrogen-bond donors (Lipinski definition) is 0. The third kappa shape index (κ3) is 2.64. The lowest BCUT2D eigenvalue weighted by molar-refractivity contribution is 1.12. The summed E-state index contributed by atoms with van der Waals surface area (Å²) in [6.07, 6.45) is 6.97. The van der Waals surface area contributed by atoms with Gasteiger partial charge < -0.3 is 0 Å². The van der Waals surface area contributed by atoms with Gasteiger partial charge in [-0.15, -0.1) is 0 Å². The van der Waals surface area contributed by atoms with Gasteiger partial charge in [0.05, 0.1) is 16.7 Å². The third-order valence-electron chi connectivity index (χ3n) is 5.93. The highest BCUT2D eigenvalue weighted by Crippen LogP contribution is 2.27. The van der Waals surface area contributed by atoms with E-state index in [1.165, 1.54) is 21.2 Å². The molecule has 0 saturated carbocycles. The number of fused-ring (bicyclic) bond motifs is 6. The maximum atomic E-state index is 5.03. The summed E-state index contributed by atoms with van der Waals surface area (Å²) in [7, 11) is 0. The first-order chi connectivity index (χ1) is 14.3. The maximum absolute atomic E-state index is 5.03. The Morgan fingerprint density at radius 1 is 0.655 bits per heavy atom. The van der Waals surface area contributed by atoms with Crippen LogP contribution in [0.1, 0.15) is 18.5 Å². The zero-order valence-corrected chi connectivity index (χ0v) is 16.3. The smallest absolute Gasteiger partial charge is 0.0972 e. The second-order valence-electron chi connectivity index (χ2n) is 7.85. The maximum Gasteiger partial charge on any atom is 0.0972 e. The van der Waals surface area contributed by atoms with Crippen molar-refractivity contribution in [1.82, 2.24) is 9.97 Å². The molecule has 0 unspecified atom stereocenters. The van der Waals surface area contributed by atoms with E-state index in [-0.39, 0.29) is 0 Å². The number of hydrogen-bond acceptors (Lipinski definition) is 2. The van der Waals surface area contributed by atoms with Gasteiger partial charge in [0.25, 0.3) is 0 Å². The molecule has 0 radical (unpaired) electrons. The number of rotatable bonds is 1. The van der Waals surface area contributed by atoms with Gasteiger partial charge in [-0.2, -0.15) is 0 Å². The monoisotopic (exact) mass is 372 g/mol. The summed E-state index contributed by atoms with van der Waals surface area (Å²) >= 11 is 0. The molecule has 138 valence electrons. The van der Waals surface area contributed by atoms with Crippen LogP contribution in [0.15, 0.2) is 66.7 Å². The van der Waals surface area contributed by atoms with E-state index < -0.39 is 0 Å². The van der Waals surface area contributed by atoms with Crippen molar-refractivity contribution in [3.05, 3.63) is 82.9 Å². The van der Waals surface area contributed by atoms with Gasteiger partial charge in [0.1, 0.15) is 0 Å². The fraction of sp³-hybridized carbons (Fsp3) is 0.111. The van der Waals surface area contributed by atoms with Gasteiger partial charge in [-0.25, -0.2) is 4.98 Å². The van der Waals surface area contributed by atoms with Crippen LogP contribution >= 0.6 is 0 Å². The molecule has 5 aromatic rings. The second kappa shape index (κ2) is 6.25. The number of aromatic nitrogens is 2. The predicted octanol–water partition coefficient (Wildman–Crippen LogP) is 5.27. The SMILES string of the molecule is Cc1ccc2ccc3ccc(-c4ccc5c6c(ccc5c4)=CCCC=6)nc3c2n1. The molecule has 6 rings (SSSR count). The van der Waals surface area contributed by atoms with Gasteiger partial charge in [-0.05, 0) is 59.2 Å². The van der Waals surface area contributed by atoms with E-state index in [1.807, 2.05) is 6.92 Å². The first-order valence-corrected chi connectivity index (χ1v) is 10.2. The highest BCUT2D eigenvalue weighted by Gasteiger charge is 2.08. The van der Waals surface area contributed by atoms with Crippen LogP contribution < -0.4 is 10.4 Å². The summed E-state index contributed by atoms with van der Waals surface area (Å²) in [4.78, 5) is 9.80. The van der Waals surface area contributed by atoms with Crippen molar-refractivity contribution in [3.63, 3.8) is 0 Å². The summed E-state index contributed by atoms with van der Waals surface area (Å²) in [5, 5.41) is 7.57. The Kier molecular flexibility index (Phi) is 3.54. The van der Waals surface area contributed by atoms with Crippen molar-refractivity contribution in [2.24, 2.45) is 0 Å². The molecule has 0 spiro atoms. The molecule has 0 amide bonds. The zero-order chi connectivity index (χ0) is 19.4. The van der Waals surface area contributed by atoms with Crippen LogP contribution in [0, 0.1) is 6.92 Å². The minimum Gasteiger partial charge on any atom is -0.251 e. The first kappa shape index (κ1) is 16.4. The van der Waals surface area contributed by atoms with Gasteiger partial charge in [0.15, 0.2) is 0 Å². The molecular formula is C27H20N2. The number of benzene rings is 3. The van der Waals surface area contributed by atoms with Crippen LogP contribution in [-0.4, -0.2) is 9.97 Å². The minimum atomic E-state index is 0.970. The molecule has 2 aromatic heterocycles. The van der Waals surface area contributed by atoms with Crippen LogP contribution in [0.3, 0.4) is 0 Å². The molecule has 2 heteroatoms. The second-order valence-corrected chi connectivity index (χ2v) is 7.85. The van der Waals surface area contributed by atoms with Crippen LogP contribution in [0.2, 0.25) is 0 Å². The van der Waals surface area contributed by atoms with Crippen LogP contribution in [0.4, 0.5) is 0 Å². The molecule has 3 aromatic carbocycles. The third-order valence-corrected chi connectivity index (χ3v) is 5.93. The molecule has 0 saturated heterocycles.